The molecule has 1 aliphatic heterocycles. The standard InChI is InChI=1S/C34H52O6/c1-24(2)31-15-9-8-14-28(6)32(16-11-17-33(37)39-31)40-34(38)21-19-27(5)22-26(4)13-10-12-25(3)18-20-30(36)23-29(7)35/h8-10,12-13,18-19,21-22,24,28-32,35-36H,11,14-17,20,23H2,1-7H3/t28-,29-,30-,31+,32-/m0/s1. The quantitative estimate of drug-likeness (QED) is 0.122. The van der Waals surface area contributed by atoms with E-state index in [0.717, 1.165) is 23.1 Å². The van der Waals surface area contributed by atoms with Gasteiger partial charge in [-0.2, -0.15) is 0 Å². The van der Waals surface area contributed by atoms with Gasteiger partial charge in [-0.25, -0.2) is 4.79 Å². The van der Waals surface area contributed by atoms with Crippen LogP contribution in [0.1, 0.15) is 93.4 Å². The van der Waals surface area contributed by atoms with Gasteiger partial charge in [-0.3, -0.25) is 4.79 Å². The van der Waals surface area contributed by atoms with E-state index in [1.54, 1.807) is 13.0 Å². The average molecular weight is 557 g/mol. The fraction of sp³-hybridized carbons (Fsp3) is 0.588. The topological polar surface area (TPSA) is 93.1 Å². The van der Waals surface area contributed by atoms with Crippen molar-refractivity contribution >= 4 is 11.9 Å². The number of cyclic esters (lactones) is 1. The largest absolute Gasteiger partial charge is 0.462 e. The summed E-state index contributed by atoms with van der Waals surface area (Å²) in [5, 5.41) is 19.2. The van der Waals surface area contributed by atoms with Gasteiger partial charge in [0.25, 0.3) is 0 Å². The maximum Gasteiger partial charge on any atom is 0.331 e. The van der Waals surface area contributed by atoms with Crippen molar-refractivity contribution in [2.45, 2.75) is 118 Å². The Labute approximate surface area is 242 Å². The van der Waals surface area contributed by atoms with Gasteiger partial charge < -0.3 is 19.7 Å². The Balaban J connectivity index is 2.69. The number of rotatable bonds is 11. The molecule has 2 N–H and O–H groups in total. The number of hydrogen-bond acceptors (Lipinski definition) is 6. The highest BCUT2D eigenvalue weighted by Gasteiger charge is 2.23. The summed E-state index contributed by atoms with van der Waals surface area (Å²) in [4.78, 5) is 24.9. The molecule has 0 aromatic carbocycles. The van der Waals surface area contributed by atoms with E-state index in [1.807, 2.05) is 51.2 Å². The number of carbonyl (C=O) groups is 2. The minimum absolute atomic E-state index is 0.101. The van der Waals surface area contributed by atoms with E-state index < -0.39 is 12.2 Å². The molecule has 5 atom stereocenters. The Kier molecular flexibility index (Phi) is 17.1. The van der Waals surface area contributed by atoms with Crippen LogP contribution in [0.3, 0.4) is 0 Å². The molecular formula is C34H52O6. The highest BCUT2D eigenvalue weighted by Crippen LogP contribution is 2.22. The van der Waals surface area contributed by atoms with Gasteiger partial charge in [0.05, 0.1) is 12.2 Å². The predicted octanol–water partition coefficient (Wildman–Crippen LogP) is 7.10. The van der Waals surface area contributed by atoms with E-state index in [0.29, 0.717) is 38.5 Å². The molecule has 1 heterocycles. The summed E-state index contributed by atoms with van der Waals surface area (Å²) < 4.78 is 11.5. The molecule has 0 spiro atoms. The maximum atomic E-state index is 12.6. The molecular weight excluding hydrogens is 504 g/mol. The molecule has 6 heteroatoms. The first-order valence-electron chi connectivity index (χ1n) is 14.7. The van der Waals surface area contributed by atoms with E-state index >= 15 is 0 Å². The van der Waals surface area contributed by atoms with E-state index in [2.05, 4.69) is 32.9 Å². The molecule has 0 aliphatic carbocycles. The van der Waals surface area contributed by atoms with Gasteiger partial charge in [-0.15, -0.1) is 0 Å². The lowest BCUT2D eigenvalue weighted by Gasteiger charge is -2.24. The van der Waals surface area contributed by atoms with Gasteiger partial charge in [-0.05, 0) is 71.6 Å². The molecule has 224 valence electrons. The second-order valence-electron chi connectivity index (χ2n) is 11.5. The van der Waals surface area contributed by atoms with E-state index in [1.165, 1.54) is 6.08 Å². The molecule has 6 nitrogen and oxygen atoms in total. The van der Waals surface area contributed by atoms with Crippen molar-refractivity contribution in [3.05, 3.63) is 71.4 Å². The maximum absolute atomic E-state index is 12.6. The van der Waals surface area contributed by atoms with E-state index in [4.69, 9.17) is 9.47 Å². The minimum Gasteiger partial charge on any atom is -0.462 e. The fourth-order valence-corrected chi connectivity index (χ4v) is 4.36. The van der Waals surface area contributed by atoms with Crippen LogP contribution in [0.5, 0.6) is 0 Å². The Morgan fingerprint density at radius 2 is 1.75 bits per heavy atom. The molecule has 0 saturated carbocycles. The van der Waals surface area contributed by atoms with Crippen LogP contribution in [-0.2, 0) is 19.1 Å². The monoisotopic (exact) mass is 556 g/mol. The number of aliphatic hydroxyl groups excluding tert-OH is 2. The third kappa shape index (κ3) is 16.4. The van der Waals surface area contributed by atoms with Crippen molar-refractivity contribution in [1.29, 1.82) is 0 Å². The lowest BCUT2D eigenvalue weighted by atomic mass is 9.94. The first kappa shape index (κ1) is 35.3. The number of esters is 2. The lowest BCUT2D eigenvalue weighted by Crippen LogP contribution is -2.26. The zero-order valence-corrected chi connectivity index (χ0v) is 25.6. The van der Waals surface area contributed by atoms with Crippen molar-refractivity contribution < 1.29 is 29.3 Å². The Morgan fingerprint density at radius 3 is 2.42 bits per heavy atom. The number of ether oxygens (including phenoxy) is 2. The van der Waals surface area contributed by atoms with E-state index in [-0.39, 0.29) is 36.0 Å². The average Bonchev–Trinajstić information content (AvgIpc) is 2.86. The number of aliphatic hydroxyl groups is 2. The summed E-state index contributed by atoms with van der Waals surface area (Å²) in [7, 11) is 0. The van der Waals surface area contributed by atoms with Crippen molar-refractivity contribution in [3.8, 4) is 0 Å². The smallest absolute Gasteiger partial charge is 0.331 e. The highest BCUT2D eigenvalue weighted by atomic mass is 16.5. The van der Waals surface area contributed by atoms with Crippen LogP contribution in [0.25, 0.3) is 0 Å². The molecule has 0 amide bonds. The molecule has 0 fully saturated rings. The molecule has 0 unspecified atom stereocenters. The summed E-state index contributed by atoms with van der Waals surface area (Å²) in [6.07, 6.45) is 19.7. The number of carbonyl (C=O) groups excluding carboxylic acids is 2. The summed E-state index contributed by atoms with van der Waals surface area (Å²) in [6.45, 7) is 13.8. The summed E-state index contributed by atoms with van der Waals surface area (Å²) >= 11 is 0. The molecule has 40 heavy (non-hydrogen) atoms. The van der Waals surface area contributed by atoms with Crippen LogP contribution < -0.4 is 0 Å². The Hall–Kier alpha value is -2.70. The van der Waals surface area contributed by atoms with Gasteiger partial charge in [0.2, 0.25) is 0 Å². The van der Waals surface area contributed by atoms with Crippen LogP contribution in [0, 0.1) is 11.8 Å². The molecule has 0 aromatic heterocycles. The van der Waals surface area contributed by atoms with Crippen molar-refractivity contribution in [2.75, 3.05) is 0 Å². The molecule has 0 saturated heterocycles. The second-order valence-corrected chi connectivity index (χ2v) is 11.5. The molecule has 1 rings (SSSR count). The summed E-state index contributed by atoms with van der Waals surface area (Å²) in [6, 6.07) is 0. The van der Waals surface area contributed by atoms with Crippen LogP contribution in [-0.4, -0.2) is 46.6 Å². The van der Waals surface area contributed by atoms with Crippen LogP contribution in [0.15, 0.2) is 71.4 Å². The number of allylic oxidation sites excluding steroid dienone is 9. The number of hydrogen-bond donors (Lipinski definition) is 2. The third-order valence-electron chi connectivity index (χ3n) is 6.82. The van der Waals surface area contributed by atoms with Crippen LogP contribution in [0.2, 0.25) is 0 Å². The predicted molar refractivity (Wildman–Crippen MR) is 162 cm³/mol. The SMILES string of the molecule is CC(=CC=CC(C)=CC[C@H](O)C[C@H](C)O)C=C(C)C=CC(=O)O[C@H]1CCCC(=O)O[C@@H](C(C)C)CC=CC[C@@H]1C. The van der Waals surface area contributed by atoms with Gasteiger partial charge >= 0.3 is 11.9 Å². The molecule has 0 radical (unpaired) electrons. The molecule has 0 aromatic rings. The molecule has 1 aliphatic rings. The minimum atomic E-state index is -0.545. The highest BCUT2D eigenvalue weighted by molar-refractivity contribution is 5.82. The molecule has 0 bridgehead atoms. The van der Waals surface area contributed by atoms with Crippen LogP contribution >= 0.6 is 0 Å². The van der Waals surface area contributed by atoms with Gasteiger partial charge in [0, 0.05) is 18.9 Å². The lowest BCUT2D eigenvalue weighted by molar-refractivity contribution is -0.151. The normalized spacial score (nSPS) is 24.1. The summed E-state index contributed by atoms with van der Waals surface area (Å²) in [5.74, 6) is -0.165. The zero-order chi connectivity index (χ0) is 30.1. The van der Waals surface area contributed by atoms with Gasteiger partial charge in [0.15, 0.2) is 0 Å². The van der Waals surface area contributed by atoms with Gasteiger partial charge in [0.1, 0.15) is 12.2 Å². The first-order chi connectivity index (χ1) is 18.9. The fourth-order valence-electron chi connectivity index (χ4n) is 4.36. The first-order valence-corrected chi connectivity index (χ1v) is 14.7. The van der Waals surface area contributed by atoms with Crippen molar-refractivity contribution in [3.63, 3.8) is 0 Å². The Bertz CT molecular complexity index is 963. The third-order valence-corrected chi connectivity index (χ3v) is 6.82. The van der Waals surface area contributed by atoms with E-state index in [9.17, 15) is 19.8 Å². The van der Waals surface area contributed by atoms with Crippen molar-refractivity contribution in [2.24, 2.45) is 11.8 Å². The zero-order valence-electron chi connectivity index (χ0n) is 25.6. The summed E-state index contributed by atoms with van der Waals surface area (Å²) in [5.41, 5.74) is 2.98. The van der Waals surface area contributed by atoms with Gasteiger partial charge in [-0.1, -0.05) is 86.1 Å². The van der Waals surface area contributed by atoms with Crippen LogP contribution in [0.4, 0.5) is 0 Å². The second kappa shape index (κ2) is 19.4. The Morgan fingerprint density at radius 1 is 1.05 bits per heavy atom. The van der Waals surface area contributed by atoms with Crippen molar-refractivity contribution in [1.82, 2.24) is 0 Å².